The van der Waals surface area contributed by atoms with E-state index in [0.717, 1.165) is 12.8 Å². The normalized spacial score (nSPS) is 11.9. The van der Waals surface area contributed by atoms with E-state index in [1.165, 1.54) is 11.6 Å². The van der Waals surface area contributed by atoms with Crippen LogP contribution in [0.3, 0.4) is 0 Å². The number of aryl methyl sites for hydroxylation is 1. The molecule has 2 N–H and O–H groups in total. The van der Waals surface area contributed by atoms with Gasteiger partial charge in [0, 0.05) is 16.8 Å². The molecule has 0 radical (unpaired) electrons. The van der Waals surface area contributed by atoms with Gasteiger partial charge in [-0.2, -0.15) is 0 Å². The standard InChI is InChI=1S/C17H18ClNO2/c1-12(7-8-13-5-3-2-4-6-13)19-16-10-9-14(18)11-15(16)17(20)21/h2-6,9-12,19H,7-8H2,1H3,(H,20,21). The Morgan fingerprint density at radius 3 is 2.62 bits per heavy atom. The Bertz CT molecular complexity index is 613. The maximum absolute atomic E-state index is 11.2. The lowest BCUT2D eigenvalue weighted by atomic mass is 10.1. The number of anilines is 1. The van der Waals surface area contributed by atoms with Gasteiger partial charge in [-0.1, -0.05) is 41.9 Å². The second-order valence-electron chi connectivity index (χ2n) is 5.06. The SMILES string of the molecule is CC(CCc1ccccc1)Nc1ccc(Cl)cc1C(=O)O. The summed E-state index contributed by atoms with van der Waals surface area (Å²) in [6.45, 7) is 2.04. The van der Waals surface area contributed by atoms with E-state index in [4.69, 9.17) is 11.6 Å². The van der Waals surface area contributed by atoms with Crippen molar-refractivity contribution in [2.45, 2.75) is 25.8 Å². The first-order chi connectivity index (χ1) is 10.1. The molecule has 0 aliphatic rings. The minimum atomic E-state index is -0.977. The summed E-state index contributed by atoms with van der Waals surface area (Å²) in [6, 6.07) is 15.3. The predicted octanol–water partition coefficient (Wildman–Crippen LogP) is 4.47. The molecule has 3 nitrogen and oxygen atoms in total. The summed E-state index contributed by atoms with van der Waals surface area (Å²) < 4.78 is 0. The van der Waals surface area contributed by atoms with E-state index in [1.54, 1.807) is 12.1 Å². The van der Waals surface area contributed by atoms with Crippen LogP contribution in [0.15, 0.2) is 48.5 Å². The molecule has 0 amide bonds. The van der Waals surface area contributed by atoms with Crippen LogP contribution in [0.4, 0.5) is 5.69 Å². The van der Waals surface area contributed by atoms with Gasteiger partial charge in [0.2, 0.25) is 0 Å². The number of hydrogen-bond donors (Lipinski definition) is 2. The lowest BCUT2D eigenvalue weighted by Gasteiger charge is -2.17. The number of hydrogen-bond acceptors (Lipinski definition) is 2. The third-order valence-corrected chi connectivity index (χ3v) is 3.56. The lowest BCUT2D eigenvalue weighted by Crippen LogP contribution is -2.18. The van der Waals surface area contributed by atoms with Crippen LogP contribution in [0.2, 0.25) is 5.02 Å². The summed E-state index contributed by atoms with van der Waals surface area (Å²) in [5.41, 5.74) is 2.09. The fourth-order valence-corrected chi connectivity index (χ4v) is 2.36. The minimum absolute atomic E-state index is 0.171. The number of nitrogens with one attached hydrogen (secondary N) is 1. The van der Waals surface area contributed by atoms with Gasteiger partial charge in [0.05, 0.1) is 5.56 Å². The molecule has 0 aliphatic carbocycles. The Morgan fingerprint density at radius 2 is 1.95 bits per heavy atom. The van der Waals surface area contributed by atoms with E-state index in [-0.39, 0.29) is 11.6 Å². The number of carboxylic acids is 1. The van der Waals surface area contributed by atoms with Crippen molar-refractivity contribution in [2.24, 2.45) is 0 Å². The van der Waals surface area contributed by atoms with Crippen molar-refractivity contribution >= 4 is 23.3 Å². The molecule has 110 valence electrons. The van der Waals surface area contributed by atoms with Gasteiger partial charge in [-0.3, -0.25) is 0 Å². The van der Waals surface area contributed by atoms with Gasteiger partial charge in [-0.15, -0.1) is 0 Å². The van der Waals surface area contributed by atoms with E-state index in [0.29, 0.717) is 10.7 Å². The first-order valence-electron chi connectivity index (χ1n) is 6.89. The van der Waals surface area contributed by atoms with Gasteiger partial charge in [-0.25, -0.2) is 4.79 Å². The first kappa shape index (κ1) is 15.4. The average Bonchev–Trinajstić information content (AvgIpc) is 2.48. The van der Waals surface area contributed by atoms with E-state index >= 15 is 0 Å². The molecule has 2 aromatic carbocycles. The van der Waals surface area contributed by atoms with E-state index in [9.17, 15) is 9.90 Å². The van der Waals surface area contributed by atoms with Crippen LogP contribution < -0.4 is 5.32 Å². The molecule has 0 saturated carbocycles. The summed E-state index contributed by atoms with van der Waals surface area (Å²) in [5.74, 6) is -0.977. The molecular formula is C17H18ClNO2. The van der Waals surface area contributed by atoms with Crippen molar-refractivity contribution in [1.82, 2.24) is 0 Å². The van der Waals surface area contributed by atoms with Gasteiger partial charge in [-0.05, 0) is 43.5 Å². The molecule has 0 bridgehead atoms. The number of halogens is 1. The molecular weight excluding hydrogens is 286 g/mol. The number of rotatable bonds is 6. The maximum atomic E-state index is 11.2. The third kappa shape index (κ3) is 4.50. The van der Waals surface area contributed by atoms with Crippen molar-refractivity contribution < 1.29 is 9.90 Å². The van der Waals surface area contributed by atoms with E-state index in [1.807, 2.05) is 25.1 Å². The lowest BCUT2D eigenvalue weighted by molar-refractivity contribution is 0.0698. The fourth-order valence-electron chi connectivity index (χ4n) is 2.18. The summed E-state index contributed by atoms with van der Waals surface area (Å²) >= 11 is 5.85. The van der Waals surface area contributed by atoms with Crippen LogP contribution in [0.5, 0.6) is 0 Å². The number of carboxylic acid groups (broad SMARTS) is 1. The van der Waals surface area contributed by atoms with Crippen molar-refractivity contribution in [3.63, 3.8) is 0 Å². The molecule has 21 heavy (non-hydrogen) atoms. The van der Waals surface area contributed by atoms with Crippen LogP contribution in [0, 0.1) is 0 Å². The zero-order valence-electron chi connectivity index (χ0n) is 11.8. The number of benzene rings is 2. The van der Waals surface area contributed by atoms with Crippen molar-refractivity contribution in [2.75, 3.05) is 5.32 Å². The molecule has 0 saturated heterocycles. The topological polar surface area (TPSA) is 49.3 Å². The third-order valence-electron chi connectivity index (χ3n) is 3.32. The van der Waals surface area contributed by atoms with Gasteiger partial charge in [0.15, 0.2) is 0 Å². The quantitative estimate of drug-likeness (QED) is 0.827. The Morgan fingerprint density at radius 1 is 1.24 bits per heavy atom. The Kier molecular flexibility index (Phi) is 5.23. The van der Waals surface area contributed by atoms with Crippen molar-refractivity contribution in [1.29, 1.82) is 0 Å². The Labute approximate surface area is 129 Å². The largest absolute Gasteiger partial charge is 0.478 e. The van der Waals surface area contributed by atoms with Crippen LogP contribution >= 0.6 is 11.6 Å². The summed E-state index contributed by atoms with van der Waals surface area (Å²) in [5, 5.41) is 12.9. The zero-order chi connectivity index (χ0) is 15.2. The maximum Gasteiger partial charge on any atom is 0.337 e. The molecule has 2 aromatic rings. The number of carbonyl (C=O) groups is 1. The highest BCUT2D eigenvalue weighted by molar-refractivity contribution is 6.31. The molecule has 0 heterocycles. The van der Waals surface area contributed by atoms with Crippen LogP contribution in [0.25, 0.3) is 0 Å². The van der Waals surface area contributed by atoms with Gasteiger partial charge < -0.3 is 10.4 Å². The van der Waals surface area contributed by atoms with Crippen LogP contribution in [-0.4, -0.2) is 17.1 Å². The highest BCUT2D eigenvalue weighted by atomic mass is 35.5. The van der Waals surface area contributed by atoms with E-state index in [2.05, 4.69) is 17.4 Å². The minimum Gasteiger partial charge on any atom is -0.478 e. The molecule has 0 spiro atoms. The molecule has 0 aliphatic heterocycles. The van der Waals surface area contributed by atoms with Gasteiger partial charge in [0.25, 0.3) is 0 Å². The highest BCUT2D eigenvalue weighted by Gasteiger charge is 2.12. The van der Waals surface area contributed by atoms with Crippen molar-refractivity contribution in [3.8, 4) is 0 Å². The smallest absolute Gasteiger partial charge is 0.337 e. The molecule has 0 fully saturated rings. The highest BCUT2D eigenvalue weighted by Crippen LogP contribution is 2.22. The molecule has 1 unspecified atom stereocenters. The Balaban J connectivity index is 1.99. The second kappa shape index (κ2) is 7.14. The first-order valence-corrected chi connectivity index (χ1v) is 7.27. The Hall–Kier alpha value is -2.00. The van der Waals surface area contributed by atoms with Crippen LogP contribution in [0.1, 0.15) is 29.3 Å². The van der Waals surface area contributed by atoms with Crippen molar-refractivity contribution in [3.05, 3.63) is 64.7 Å². The molecule has 1 atom stereocenters. The average molecular weight is 304 g/mol. The number of aromatic carboxylic acids is 1. The van der Waals surface area contributed by atoms with E-state index < -0.39 is 5.97 Å². The summed E-state index contributed by atoms with van der Waals surface area (Å²) in [6.07, 6.45) is 1.87. The fraction of sp³-hybridized carbons (Fsp3) is 0.235. The summed E-state index contributed by atoms with van der Waals surface area (Å²) in [7, 11) is 0. The second-order valence-corrected chi connectivity index (χ2v) is 5.50. The monoisotopic (exact) mass is 303 g/mol. The summed E-state index contributed by atoms with van der Waals surface area (Å²) in [4.78, 5) is 11.2. The molecule has 0 aromatic heterocycles. The van der Waals surface area contributed by atoms with Gasteiger partial charge >= 0.3 is 5.97 Å². The van der Waals surface area contributed by atoms with Crippen LogP contribution in [-0.2, 0) is 6.42 Å². The molecule has 4 heteroatoms. The predicted molar refractivity (Wildman–Crippen MR) is 86.3 cm³/mol. The molecule has 2 rings (SSSR count). The zero-order valence-corrected chi connectivity index (χ0v) is 12.6. The van der Waals surface area contributed by atoms with Gasteiger partial charge in [0.1, 0.15) is 0 Å².